The van der Waals surface area contributed by atoms with Crippen molar-refractivity contribution in [1.29, 1.82) is 5.26 Å². The third-order valence-corrected chi connectivity index (χ3v) is 3.09. The number of carbonyl (C=O) groups excluding carboxylic acids is 1. The van der Waals surface area contributed by atoms with Crippen LogP contribution < -0.4 is 10.6 Å². The number of amides is 1. The second kappa shape index (κ2) is 6.73. The molecule has 100 valence electrons. The van der Waals surface area contributed by atoms with Crippen LogP contribution in [-0.2, 0) is 4.79 Å². The topological polar surface area (TPSA) is 64.9 Å². The van der Waals surface area contributed by atoms with Crippen molar-refractivity contribution < 1.29 is 4.79 Å². The predicted molar refractivity (Wildman–Crippen MR) is 82.4 cm³/mol. The Morgan fingerprint density at radius 2 is 2.00 bits per heavy atom. The summed E-state index contributed by atoms with van der Waals surface area (Å²) in [7, 11) is 0. The van der Waals surface area contributed by atoms with E-state index in [1.54, 1.807) is 24.3 Å². The molecule has 0 saturated carbocycles. The van der Waals surface area contributed by atoms with Crippen molar-refractivity contribution in [3.8, 4) is 6.07 Å². The molecule has 0 radical (unpaired) electrons. The van der Waals surface area contributed by atoms with Crippen LogP contribution in [0.25, 0.3) is 0 Å². The Morgan fingerprint density at radius 1 is 1.20 bits per heavy atom. The van der Waals surface area contributed by atoms with Gasteiger partial charge < -0.3 is 10.6 Å². The maximum absolute atomic E-state index is 11.8. The van der Waals surface area contributed by atoms with Gasteiger partial charge in [0, 0.05) is 10.2 Å². The highest BCUT2D eigenvalue weighted by Gasteiger charge is 2.05. The zero-order valence-electron chi connectivity index (χ0n) is 10.6. The molecule has 2 rings (SSSR count). The van der Waals surface area contributed by atoms with Gasteiger partial charge in [-0.05, 0) is 30.3 Å². The Kier molecular flexibility index (Phi) is 4.75. The number of para-hydroxylation sites is 1. The molecule has 0 unspecified atom stereocenters. The fraction of sp³-hybridized carbons (Fsp3) is 0.0667. The quantitative estimate of drug-likeness (QED) is 0.903. The first-order valence-corrected chi connectivity index (χ1v) is 6.77. The number of carbonyl (C=O) groups is 1. The van der Waals surface area contributed by atoms with E-state index < -0.39 is 0 Å². The van der Waals surface area contributed by atoms with Gasteiger partial charge >= 0.3 is 0 Å². The number of anilines is 2. The molecule has 0 bridgehead atoms. The van der Waals surface area contributed by atoms with Gasteiger partial charge in [-0.1, -0.05) is 34.1 Å². The van der Waals surface area contributed by atoms with Crippen molar-refractivity contribution >= 4 is 33.2 Å². The highest BCUT2D eigenvalue weighted by atomic mass is 79.9. The molecule has 4 nitrogen and oxygen atoms in total. The molecule has 0 fully saturated rings. The molecule has 2 aromatic carbocycles. The highest BCUT2D eigenvalue weighted by molar-refractivity contribution is 9.10. The Balaban J connectivity index is 1.95. The number of hydrogen-bond acceptors (Lipinski definition) is 3. The number of benzene rings is 2. The number of nitrogens with one attached hydrogen (secondary N) is 2. The molecule has 0 heterocycles. The average molecular weight is 330 g/mol. The minimum atomic E-state index is -0.201. The zero-order valence-corrected chi connectivity index (χ0v) is 12.1. The lowest BCUT2D eigenvalue weighted by atomic mass is 10.2. The van der Waals surface area contributed by atoms with Crippen LogP contribution in [0.2, 0.25) is 0 Å². The first kappa shape index (κ1) is 14.1. The van der Waals surface area contributed by atoms with Gasteiger partial charge in [0.25, 0.3) is 0 Å². The van der Waals surface area contributed by atoms with Crippen LogP contribution in [-0.4, -0.2) is 12.5 Å². The predicted octanol–water partition coefficient (Wildman–Crippen LogP) is 3.37. The van der Waals surface area contributed by atoms with Crippen molar-refractivity contribution in [3.63, 3.8) is 0 Å². The number of hydrogen-bond donors (Lipinski definition) is 2. The number of halogens is 1. The molecule has 0 aliphatic carbocycles. The third-order valence-electron chi connectivity index (χ3n) is 2.60. The van der Waals surface area contributed by atoms with Crippen LogP contribution in [0.4, 0.5) is 11.4 Å². The van der Waals surface area contributed by atoms with Crippen molar-refractivity contribution in [2.24, 2.45) is 0 Å². The summed E-state index contributed by atoms with van der Waals surface area (Å²) in [5.41, 5.74) is 1.82. The summed E-state index contributed by atoms with van der Waals surface area (Å²) in [6.45, 7) is 0.135. The largest absolute Gasteiger partial charge is 0.376 e. The Hall–Kier alpha value is -2.32. The van der Waals surface area contributed by atoms with E-state index in [-0.39, 0.29) is 12.5 Å². The van der Waals surface area contributed by atoms with E-state index in [9.17, 15) is 4.79 Å². The van der Waals surface area contributed by atoms with Gasteiger partial charge in [-0.25, -0.2) is 0 Å². The average Bonchev–Trinajstić information content (AvgIpc) is 2.46. The van der Waals surface area contributed by atoms with E-state index in [1.807, 2.05) is 30.3 Å². The van der Waals surface area contributed by atoms with Gasteiger partial charge in [0.1, 0.15) is 6.07 Å². The van der Waals surface area contributed by atoms with E-state index in [2.05, 4.69) is 26.6 Å². The molecule has 0 aromatic heterocycles. The summed E-state index contributed by atoms with van der Waals surface area (Å²) in [5.74, 6) is -0.201. The van der Waals surface area contributed by atoms with Gasteiger partial charge in [-0.15, -0.1) is 0 Å². The van der Waals surface area contributed by atoms with E-state index >= 15 is 0 Å². The van der Waals surface area contributed by atoms with Crippen molar-refractivity contribution in [3.05, 3.63) is 58.6 Å². The van der Waals surface area contributed by atoms with Crippen LogP contribution in [0, 0.1) is 11.3 Å². The minimum Gasteiger partial charge on any atom is -0.376 e. The van der Waals surface area contributed by atoms with Gasteiger partial charge in [-0.3, -0.25) is 4.79 Å². The Bertz CT molecular complexity index is 664. The molecular weight excluding hydrogens is 318 g/mol. The van der Waals surface area contributed by atoms with E-state index in [4.69, 9.17) is 5.26 Å². The lowest BCUT2D eigenvalue weighted by Gasteiger charge is -2.09. The van der Waals surface area contributed by atoms with E-state index in [0.717, 1.165) is 10.2 Å². The van der Waals surface area contributed by atoms with Crippen LogP contribution >= 0.6 is 15.9 Å². The second-order valence-electron chi connectivity index (χ2n) is 4.07. The van der Waals surface area contributed by atoms with Gasteiger partial charge in [-0.2, -0.15) is 5.26 Å². The van der Waals surface area contributed by atoms with Crippen LogP contribution in [0.5, 0.6) is 0 Å². The van der Waals surface area contributed by atoms with Crippen molar-refractivity contribution in [2.75, 3.05) is 17.2 Å². The van der Waals surface area contributed by atoms with Crippen LogP contribution in [0.15, 0.2) is 53.0 Å². The molecule has 2 aromatic rings. The molecule has 5 heteroatoms. The highest BCUT2D eigenvalue weighted by Crippen LogP contribution is 2.16. The first-order valence-electron chi connectivity index (χ1n) is 5.97. The lowest BCUT2D eigenvalue weighted by molar-refractivity contribution is -0.114. The summed E-state index contributed by atoms with van der Waals surface area (Å²) in [6.07, 6.45) is 0. The molecule has 2 N–H and O–H groups in total. The standard InChI is InChI=1S/C15H12BrN3O/c16-12-5-3-6-13(8-12)18-10-15(20)19-14-7-2-1-4-11(14)9-17/h1-8,18H,10H2,(H,19,20). The summed E-state index contributed by atoms with van der Waals surface area (Å²) < 4.78 is 0.942. The summed E-state index contributed by atoms with van der Waals surface area (Å²) in [5, 5.41) is 14.7. The molecular formula is C15H12BrN3O. The Labute approximate surface area is 125 Å². The fourth-order valence-corrected chi connectivity index (χ4v) is 2.06. The van der Waals surface area contributed by atoms with Gasteiger partial charge in [0.05, 0.1) is 17.8 Å². The molecule has 0 aliphatic heterocycles. The van der Waals surface area contributed by atoms with E-state index in [0.29, 0.717) is 11.3 Å². The zero-order chi connectivity index (χ0) is 14.4. The van der Waals surface area contributed by atoms with Gasteiger partial charge in [0.15, 0.2) is 0 Å². The Morgan fingerprint density at radius 3 is 2.75 bits per heavy atom. The summed E-state index contributed by atoms with van der Waals surface area (Å²) >= 11 is 3.37. The van der Waals surface area contributed by atoms with Crippen molar-refractivity contribution in [1.82, 2.24) is 0 Å². The number of nitriles is 1. The van der Waals surface area contributed by atoms with E-state index in [1.165, 1.54) is 0 Å². The molecule has 20 heavy (non-hydrogen) atoms. The molecule has 0 atom stereocenters. The summed E-state index contributed by atoms with van der Waals surface area (Å²) in [6, 6.07) is 16.5. The number of rotatable bonds is 4. The smallest absolute Gasteiger partial charge is 0.243 e. The second-order valence-corrected chi connectivity index (χ2v) is 4.99. The first-order chi connectivity index (χ1) is 9.69. The van der Waals surface area contributed by atoms with Crippen LogP contribution in [0.3, 0.4) is 0 Å². The molecule has 0 spiro atoms. The molecule has 1 amide bonds. The van der Waals surface area contributed by atoms with Crippen LogP contribution in [0.1, 0.15) is 5.56 Å². The maximum Gasteiger partial charge on any atom is 0.243 e. The molecule has 0 aliphatic rings. The summed E-state index contributed by atoms with van der Waals surface area (Å²) in [4.78, 5) is 11.8. The lowest BCUT2D eigenvalue weighted by Crippen LogP contribution is -2.22. The SMILES string of the molecule is N#Cc1ccccc1NC(=O)CNc1cccc(Br)c1. The van der Waals surface area contributed by atoms with Crippen molar-refractivity contribution in [2.45, 2.75) is 0 Å². The monoisotopic (exact) mass is 329 g/mol. The third kappa shape index (κ3) is 3.84. The number of nitrogens with zero attached hydrogens (tertiary/aromatic N) is 1. The molecule has 0 saturated heterocycles. The van der Waals surface area contributed by atoms with Gasteiger partial charge in [0.2, 0.25) is 5.91 Å². The fourth-order valence-electron chi connectivity index (χ4n) is 1.66. The normalized spacial score (nSPS) is 9.60. The maximum atomic E-state index is 11.8. The minimum absolute atomic E-state index is 0.135.